The van der Waals surface area contributed by atoms with Gasteiger partial charge in [0.15, 0.2) is 11.5 Å². The molecule has 0 amide bonds. The Labute approximate surface area is 166 Å². The molecule has 1 aromatic carbocycles. The fourth-order valence-electron chi connectivity index (χ4n) is 3.33. The van der Waals surface area contributed by atoms with Crippen molar-refractivity contribution in [3.8, 4) is 11.5 Å². The van der Waals surface area contributed by atoms with E-state index in [1.165, 1.54) is 0 Å². The van der Waals surface area contributed by atoms with Crippen molar-refractivity contribution in [3.63, 3.8) is 0 Å². The lowest BCUT2D eigenvalue weighted by atomic mass is 10.1. The first-order chi connectivity index (χ1) is 13.5. The van der Waals surface area contributed by atoms with Crippen molar-refractivity contribution < 1.29 is 22.9 Å². The van der Waals surface area contributed by atoms with Crippen LogP contribution < -0.4 is 19.4 Å². The molecule has 28 heavy (non-hydrogen) atoms. The standard InChI is InChI=1S/C20H27N3O4S/c1-22(13-10-16-6-8-18(26-2)19(14-16)27-3)20-9-7-17(15-21-20)28(24,25)23-11-4-5-12-23/h6-9,14-15H,4-5,10-13H2,1-3H3/p+1. The zero-order valence-corrected chi connectivity index (χ0v) is 17.5. The first-order valence-corrected chi connectivity index (χ1v) is 10.8. The highest BCUT2D eigenvalue weighted by atomic mass is 32.2. The van der Waals surface area contributed by atoms with Crippen molar-refractivity contribution >= 4 is 15.8 Å². The highest BCUT2D eigenvalue weighted by molar-refractivity contribution is 7.89. The van der Waals surface area contributed by atoms with Crippen molar-refractivity contribution in [1.82, 2.24) is 4.31 Å². The number of nitrogens with zero attached hydrogens (tertiary/aromatic N) is 2. The van der Waals surface area contributed by atoms with Gasteiger partial charge in [0.05, 0.1) is 27.8 Å². The number of H-pyrrole nitrogens is 1. The van der Waals surface area contributed by atoms with Crippen LogP contribution in [0.4, 0.5) is 5.82 Å². The molecule has 1 aliphatic heterocycles. The lowest BCUT2D eigenvalue weighted by molar-refractivity contribution is -0.367. The molecule has 1 aromatic heterocycles. The van der Waals surface area contributed by atoms with Crippen LogP contribution in [-0.2, 0) is 16.4 Å². The Hall–Kier alpha value is -2.32. The smallest absolute Gasteiger partial charge is 0.274 e. The van der Waals surface area contributed by atoms with Gasteiger partial charge in [0.25, 0.3) is 5.82 Å². The summed E-state index contributed by atoms with van der Waals surface area (Å²) in [6.07, 6.45) is 4.26. The minimum Gasteiger partial charge on any atom is -0.493 e. The molecular formula is C20H28N3O4S+. The average Bonchev–Trinajstić information content (AvgIpc) is 3.27. The fraction of sp³-hybridized carbons (Fsp3) is 0.450. The highest BCUT2D eigenvalue weighted by Crippen LogP contribution is 2.28. The number of likely N-dealkylation sites (N-methyl/N-ethyl adjacent to an activating group) is 1. The summed E-state index contributed by atoms with van der Waals surface area (Å²) in [5.74, 6) is 2.29. The molecule has 0 radical (unpaired) electrons. The minimum absolute atomic E-state index is 0.312. The Morgan fingerprint density at radius 3 is 2.39 bits per heavy atom. The molecule has 3 rings (SSSR count). The van der Waals surface area contributed by atoms with Gasteiger partial charge in [0.2, 0.25) is 10.0 Å². The van der Waals surface area contributed by atoms with Gasteiger partial charge in [-0.25, -0.2) is 13.4 Å². The number of hydrogen-bond acceptors (Lipinski definition) is 5. The molecule has 0 bridgehead atoms. The van der Waals surface area contributed by atoms with Crippen LogP contribution in [0.2, 0.25) is 0 Å². The van der Waals surface area contributed by atoms with Crippen LogP contribution >= 0.6 is 0 Å². The van der Waals surface area contributed by atoms with Crippen molar-refractivity contribution in [2.45, 2.75) is 24.2 Å². The number of anilines is 1. The third-order valence-electron chi connectivity index (χ3n) is 5.07. The van der Waals surface area contributed by atoms with Crippen LogP contribution in [0.15, 0.2) is 41.4 Å². The second-order valence-corrected chi connectivity index (χ2v) is 8.82. The number of aromatic amines is 1. The number of aromatic nitrogens is 1. The number of ether oxygens (including phenoxy) is 2. The summed E-state index contributed by atoms with van der Waals surface area (Å²) < 4.78 is 37.4. The second kappa shape index (κ2) is 8.79. The summed E-state index contributed by atoms with van der Waals surface area (Å²) in [4.78, 5) is 5.49. The molecule has 2 heterocycles. The van der Waals surface area contributed by atoms with Gasteiger partial charge in [0.1, 0.15) is 11.1 Å². The van der Waals surface area contributed by atoms with Gasteiger partial charge in [-0.3, -0.25) is 4.90 Å². The maximum absolute atomic E-state index is 12.6. The van der Waals surface area contributed by atoms with Gasteiger partial charge < -0.3 is 9.47 Å². The number of sulfonamides is 1. The molecule has 0 spiro atoms. The highest BCUT2D eigenvalue weighted by Gasteiger charge is 2.28. The van der Waals surface area contributed by atoms with Crippen LogP contribution in [0.5, 0.6) is 11.5 Å². The Morgan fingerprint density at radius 2 is 1.79 bits per heavy atom. The second-order valence-electron chi connectivity index (χ2n) is 6.88. The van der Waals surface area contributed by atoms with Crippen LogP contribution in [0.1, 0.15) is 18.4 Å². The predicted molar refractivity (Wildman–Crippen MR) is 108 cm³/mol. The van der Waals surface area contributed by atoms with Gasteiger partial charge in [-0.2, -0.15) is 4.31 Å². The van der Waals surface area contributed by atoms with Crippen LogP contribution in [0.25, 0.3) is 0 Å². The molecule has 152 valence electrons. The van der Waals surface area contributed by atoms with E-state index in [2.05, 4.69) is 9.88 Å². The van der Waals surface area contributed by atoms with E-state index in [0.717, 1.165) is 37.2 Å². The van der Waals surface area contributed by atoms with Crippen molar-refractivity contribution in [1.29, 1.82) is 0 Å². The maximum Gasteiger partial charge on any atom is 0.274 e. The molecule has 1 N–H and O–H groups in total. The summed E-state index contributed by atoms with van der Waals surface area (Å²) in [5, 5.41) is 0. The van der Waals surface area contributed by atoms with Crippen molar-refractivity contribution in [3.05, 3.63) is 42.1 Å². The SMILES string of the molecule is COc1ccc(CCN(C)c2ccc(S(=O)(=O)N3CCCC3)c[nH+]2)cc1OC. The monoisotopic (exact) mass is 406 g/mol. The number of hydrogen-bond donors (Lipinski definition) is 0. The molecule has 0 atom stereocenters. The Bertz CT molecular complexity index is 894. The molecule has 8 heteroatoms. The predicted octanol–water partition coefficient (Wildman–Crippen LogP) is 1.98. The van der Waals surface area contributed by atoms with Crippen molar-refractivity contribution in [2.75, 3.05) is 45.8 Å². The van der Waals surface area contributed by atoms with Gasteiger partial charge in [-0.15, -0.1) is 0 Å². The lowest BCUT2D eigenvalue weighted by Gasteiger charge is -2.16. The normalized spacial score (nSPS) is 14.8. The summed E-state index contributed by atoms with van der Waals surface area (Å²) in [5.41, 5.74) is 1.14. The van der Waals surface area contributed by atoms with Gasteiger partial charge in [-0.1, -0.05) is 6.07 Å². The zero-order chi connectivity index (χ0) is 20.1. The fourth-order valence-corrected chi connectivity index (χ4v) is 4.82. The molecule has 1 aliphatic rings. The van der Waals surface area contributed by atoms with Crippen LogP contribution in [0, 0.1) is 0 Å². The molecule has 0 saturated carbocycles. The van der Waals surface area contributed by atoms with E-state index in [-0.39, 0.29) is 0 Å². The number of nitrogens with one attached hydrogen (secondary N) is 1. The van der Waals surface area contributed by atoms with Gasteiger partial charge in [-0.05, 0) is 36.6 Å². The Morgan fingerprint density at radius 1 is 1.07 bits per heavy atom. The Balaban J connectivity index is 1.64. The summed E-state index contributed by atoms with van der Waals surface area (Å²) >= 11 is 0. The van der Waals surface area contributed by atoms with E-state index in [1.54, 1.807) is 30.8 Å². The third kappa shape index (κ3) is 4.39. The number of benzene rings is 1. The summed E-state index contributed by atoms with van der Waals surface area (Å²) in [6, 6.07) is 9.38. The molecule has 2 aromatic rings. The van der Waals surface area contributed by atoms with Gasteiger partial charge >= 0.3 is 0 Å². The molecule has 0 aliphatic carbocycles. The zero-order valence-electron chi connectivity index (χ0n) is 16.6. The number of methoxy groups -OCH3 is 2. The molecular weight excluding hydrogens is 378 g/mol. The van der Waals surface area contributed by atoms with Crippen molar-refractivity contribution in [2.24, 2.45) is 0 Å². The van der Waals surface area contributed by atoms with E-state index in [0.29, 0.717) is 29.5 Å². The lowest BCUT2D eigenvalue weighted by Crippen LogP contribution is -2.30. The summed E-state index contributed by atoms with van der Waals surface area (Å²) in [6.45, 7) is 1.98. The minimum atomic E-state index is -3.39. The van der Waals surface area contributed by atoms with Gasteiger partial charge in [0, 0.05) is 25.6 Å². The summed E-state index contributed by atoms with van der Waals surface area (Å²) in [7, 11) is 1.83. The molecule has 1 saturated heterocycles. The maximum atomic E-state index is 12.6. The molecule has 0 unspecified atom stereocenters. The first kappa shape index (κ1) is 20.4. The number of rotatable bonds is 8. The third-order valence-corrected chi connectivity index (χ3v) is 6.96. The van der Waals surface area contributed by atoms with Crippen LogP contribution in [0.3, 0.4) is 0 Å². The van der Waals surface area contributed by atoms with E-state index in [1.807, 2.05) is 31.3 Å². The van der Waals surface area contributed by atoms with E-state index in [9.17, 15) is 8.42 Å². The Kier molecular flexibility index (Phi) is 6.41. The largest absolute Gasteiger partial charge is 0.493 e. The average molecular weight is 407 g/mol. The van der Waals surface area contributed by atoms with E-state index >= 15 is 0 Å². The molecule has 1 fully saturated rings. The quantitative estimate of drug-likeness (QED) is 0.670. The topological polar surface area (TPSA) is 73.2 Å². The van der Waals surface area contributed by atoms with E-state index in [4.69, 9.17) is 9.47 Å². The van der Waals surface area contributed by atoms with Crippen LogP contribution in [-0.4, -0.2) is 53.6 Å². The number of pyridine rings is 1. The molecule has 7 nitrogen and oxygen atoms in total. The van der Waals surface area contributed by atoms with E-state index < -0.39 is 10.0 Å². The first-order valence-electron chi connectivity index (χ1n) is 9.39.